The van der Waals surface area contributed by atoms with Crippen LogP contribution in [0.3, 0.4) is 0 Å². The van der Waals surface area contributed by atoms with Crippen LogP contribution >= 0.6 is 0 Å². The van der Waals surface area contributed by atoms with Crippen LogP contribution in [-0.2, 0) is 11.0 Å². The Morgan fingerprint density at radius 3 is 2.52 bits per heavy atom. The van der Waals surface area contributed by atoms with Gasteiger partial charge in [-0.3, -0.25) is 9.69 Å². The number of carboxylic acids is 1. The fourth-order valence-corrected chi connectivity index (χ4v) is 2.66. The van der Waals surface area contributed by atoms with E-state index in [2.05, 4.69) is 15.6 Å². The first-order valence-electron chi connectivity index (χ1n) is 7.75. The molecule has 2 amide bonds. The number of urea groups is 1. The van der Waals surface area contributed by atoms with Gasteiger partial charge in [0.2, 0.25) is 0 Å². The van der Waals surface area contributed by atoms with Crippen molar-refractivity contribution in [1.29, 1.82) is 0 Å². The Hall–Kier alpha value is -2.36. The van der Waals surface area contributed by atoms with E-state index in [-0.39, 0.29) is 24.3 Å². The molecule has 10 heteroatoms. The van der Waals surface area contributed by atoms with Crippen LogP contribution in [0.5, 0.6) is 0 Å². The summed E-state index contributed by atoms with van der Waals surface area (Å²) in [5.41, 5.74) is -0.874. The number of anilines is 1. The average Bonchev–Trinajstić information content (AvgIpc) is 2.48. The predicted octanol–water partition coefficient (Wildman–Crippen LogP) is 2.16. The Bertz CT molecular complexity index is 615. The van der Waals surface area contributed by atoms with E-state index in [9.17, 15) is 22.8 Å². The summed E-state index contributed by atoms with van der Waals surface area (Å²) in [6.45, 7) is 2.43. The van der Waals surface area contributed by atoms with Crippen LogP contribution in [-0.4, -0.2) is 52.2 Å². The Morgan fingerprint density at radius 1 is 1.36 bits per heavy atom. The number of amides is 2. The van der Waals surface area contributed by atoms with Crippen LogP contribution in [0, 0.1) is 0 Å². The van der Waals surface area contributed by atoms with Crippen molar-refractivity contribution >= 4 is 17.7 Å². The third kappa shape index (κ3) is 5.31. The van der Waals surface area contributed by atoms with E-state index in [1.807, 2.05) is 11.8 Å². The molecule has 1 aliphatic carbocycles. The minimum absolute atomic E-state index is 0.0443. The molecule has 1 aliphatic rings. The van der Waals surface area contributed by atoms with E-state index < -0.39 is 23.9 Å². The van der Waals surface area contributed by atoms with Gasteiger partial charge >= 0.3 is 18.2 Å². The zero-order valence-electron chi connectivity index (χ0n) is 13.5. The number of rotatable bonds is 6. The van der Waals surface area contributed by atoms with Crippen LogP contribution in [0.25, 0.3) is 0 Å². The molecule has 0 atom stereocenters. The molecule has 0 radical (unpaired) electrons. The zero-order valence-corrected chi connectivity index (χ0v) is 13.5. The lowest BCUT2D eigenvalue weighted by Gasteiger charge is -2.42. The molecule has 1 saturated carbocycles. The second-order valence-electron chi connectivity index (χ2n) is 5.81. The van der Waals surface area contributed by atoms with E-state index in [4.69, 9.17) is 5.11 Å². The highest BCUT2D eigenvalue weighted by Crippen LogP contribution is 2.28. The molecule has 0 saturated heterocycles. The number of aromatic nitrogens is 1. The Morgan fingerprint density at radius 2 is 2.04 bits per heavy atom. The van der Waals surface area contributed by atoms with Gasteiger partial charge in [-0.15, -0.1) is 0 Å². The van der Waals surface area contributed by atoms with Gasteiger partial charge in [-0.25, -0.2) is 9.78 Å². The maximum atomic E-state index is 12.4. The van der Waals surface area contributed by atoms with Gasteiger partial charge in [0, 0.05) is 12.1 Å². The normalized spacial score (nSPS) is 20.0. The number of alkyl halides is 3. The monoisotopic (exact) mass is 360 g/mol. The lowest BCUT2D eigenvalue weighted by atomic mass is 9.85. The topological polar surface area (TPSA) is 94.6 Å². The van der Waals surface area contributed by atoms with Crippen molar-refractivity contribution in [3.8, 4) is 0 Å². The van der Waals surface area contributed by atoms with Crippen molar-refractivity contribution in [2.45, 2.75) is 38.0 Å². The van der Waals surface area contributed by atoms with Gasteiger partial charge in [0.05, 0.1) is 18.4 Å². The molecule has 3 N–H and O–H groups in total. The van der Waals surface area contributed by atoms with Crippen molar-refractivity contribution in [3.63, 3.8) is 0 Å². The maximum absolute atomic E-state index is 12.4. The minimum atomic E-state index is -4.52. The lowest BCUT2D eigenvalue weighted by molar-refractivity contribution is -0.141. The van der Waals surface area contributed by atoms with Gasteiger partial charge in [0.15, 0.2) is 0 Å². The number of carbonyl (C=O) groups excluding carboxylic acids is 1. The third-order valence-electron chi connectivity index (χ3n) is 4.02. The maximum Gasteiger partial charge on any atom is 0.433 e. The molecule has 0 spiro atoms. The number of aliphatic carboxylic acids is 1. The predicted molar refractivity (Wildman–Crippen MR) is 83.1 cm³/mol. The van der Waals surface area contributed by atoms with Crippen LogP contribution in [0.1, 0.15) is 25.5 Å². The summed E-state index contributed by atoms with van der Waals surface area (Å²) in [6, 6.07) is 1.38. The number of nitrogens with zero attached hydrogens (tertiary/aromatic N) is 2. The number of pyridine rings is 1. The summed E-state index contributed by atoms with van der Waals surface area (Å²) in [6.07, 6.45) is -2.33. The van der Waals surface area contributed by atoms with Crippen molar-refractivity contribution in [2.24, 2.45) is 0 Å². The Labute approximate surface area is 142 Å². The molecule has 0 aromatic carbocycles. The Balaban J connectivity index is 1.77. The van der Waals surface area contributed by atoms with Gasteiger partial charge in [0.1, 0.15) is 5.69 Å². The van der Waals surface area contributed by atoms with Crippen molar-refractivity contribution in [2.75, 3.05) is 18.4 Å². The number of hydrogen-bond acceptors (Lipinski definition) is 4. The SMILES string of the molecule is CCN(CC(=O)O)C1CC(NC(=O)Nc2ccc(C(F)(F)F)nc2)C1. The fourth-order valence-electron chi connectivity index (χ4n) is 2.66. The van der Waals surface area contributed by atoms with Gasteiger partial charge < -0.3 is 15.7 Å². The van der Waals surface area contributed by atoms with E-state index in [1.165, 1.54) is 0 Å². The molecule has 138 valence electrons. The van der Waals surface area contributed by atoms with Gasteiger partial charge in [-0.2, -0.15) is 13.2 Å². The van der Waals surface area contributed by atoms with Crippen LogP contribution in [0.2, 0.25) is 0 Å². The van der Waals surface area contributed by atoms with Crippen LogP contribution in [0.4, 0.5) is 23.7 Å². The second-order valence-corrected chi connectivity index (χ2v) is 5.81. The summed E-state index contributed by atoms with van der Waals surface area (Å²) in [5, 5.41) is 14.0. The van der Waals surface area contributed by atoms with E-state index >= 15 is 0 Å². The molecule has 7 nitrogen and oxygen atoms in total. The molecule has 2 rings (SSSR count). The highest BCUT2D eigenvalue weighted by atomic mass is 19.4. The summed E-state index contributed by atoms with van der Waals surface area (Å²) in [4.78, 5) is 27.7. The molecule has 1 heterocycles. The number of hydrogen-bond donors (Lipinski definition) is 3. The van der Waals surface area contributed by atoms with Crippen LogP contribution < -0.4 is 10.6 Å². The quantitative estimate of drug-likeness (QED) is 0.723. The molecule has 1 aromatic heterocycles. The van der Waals surface area contributed by atoms with Gasteiger partial charge in [-0.1, -0.05) is 6.92 Å². The summed E-state index contributed by atoms with van der Waals surface area (Å²) < 4.78 is 37.2. The van der Waals surface area contributed by atoms with Crippen molar-refractivity contribution < 1.29 is 27.9 Å². The standard InChI is InChI=1S/C15H19F3N4O3/c1-2-22(8-13(23)24)11-5-10(6-11)21-14(25)20-9-3-4-12(19-7-9)15(16,17)18/h3-4,7,10-11H,2,5-6,8H2,1H3,(H,23,24)(H2,20,21,25). The fraction of sp³-hybridized carbons (Fsp3) is 0.533. The number of carboxylic acid groups (broad SMARTS) is 1. The van der Waals surface area contributed by atoms with Gasteiger partial charge in [-0.05, 0) is 31.5 Å². The molecule has 0 unspecified atom stereocenters. The lowest BCUT2D eigenvalue weighted by Crippen LogP contribution is -2.55. The summed E-state index contributed by atoms with van der Waals surface area (Å²) in [5.74, 6) is -0.897. The highest BCUT2D eigenvalue weighted by Gasteiger charge is 2.35. The number of nitrogens with one attached hydrogen (secondary N) is 2. The third-order valence-corrected chi connectivity index (χ3v) is 4.02. The molecule has 0 aliphatic heterocycles. The van der Waals surface area contributed by atoms with Crippen LogP contribution in [0.15, 0.2) is 18.3 Å². The number of halogens is 3. The summed E-state index contributed by atoms with van der Waals surface area (Å²) in [7, 11) is 0. The molecular formula is C15H19F3N4O3. The largest absolute Gasteiger partial charge is 0.480 e. The molecule has 1 fully saturated rings. The Kier molecular flexibility index (Phi) is 5.83. The van der Waals surface area contributed by atoms with E-state index in [0.717, 1.165) is 18.3 Å². The van der Waals surface area contributed by atoms with E-state index in [1.54, 1.807) is 0 Å². The molecular weight excluding hydrogens is 341 g/mol. The zero-order chi connectivity index (χ0) is 18.6. The number of carbonyl (C=O) groups is 2. The molecule has 25 heavy (non-hydrogen) atoms. The first-order chi connectivity index (χ1) is 11.7. The van der Waals surface area contributed by atoms with Crippen molar-refractivity contribution in [1.82, 2.24) is 15.2 Å². The molecule has 1 aromatic rings. The summed E-state index contributed by atoms with van der Waals surface area (Å²) >= 11 is 0. The first kappa shape index (κ1) is 19.0. The van der Waals surface area contributed by atoms with Crippen molar-refractivity contribution in [3.05, 3.63) is 24.0 Å². The second kappa shape index (κ2) is 7.68. The van der Waals surface area contributed by atoms with Gasteiger partial charge in [0.25, 0.3) is 0 Å². The van der Waals surface area contributed by atoms with E-state index in [0.29, 0.717) is 19.4 Å². The smallest absolute Gasteiger partial charge is 0.433 e. The highest BCUT2D eigenvalue weighted by molar-refractivity contribution is 5.89. The number of likely N-dealkylation sites (N-methyl/N-ethyl adjacent to an activating group) is 1. The minimum Gasteiger partial charge on any atom is -0.480 e. The average molecular weight is 360 g/mol. The molecule has 0 bridgehead atoms. The first-order valence-corrected chi connectivity index (χ1v) is 7.75.